The molecule has 1 heterocycles. The van der Waals surface area contributed by atoms with E-state index in [0.717, 1.165) is 19.4 Å². The Bertz CT molecular complexity index is 425. The number of hydrogen-bond donors (Lipinski definition) is 0. The van der Waals surface area contributed by atoms with E-state index >= 15 is 0 Å². The Kier molecular flexibility index (Phi) is 3.11. The van der Waals surface area contributed by atoms with Gasteiger partial charge in [-0.1, -0.05) is 17.7 Å². The summed E-state index contributed by atoms with van der Waals surface area (Å²) >= 11 is 0. The molecule has 1 aliphatic rings. The molecule has 0 saturated carbocycles. The number of nitrogens with zero attached hydrogens (tertiary/aromatic N) is 2. The van der Waals surface area contributed by atoms with Gasteiger partial charge < -0.3 is 4.90 Å². The maximum absolute atomic E-state index is 9.26. The number of nitriles is 1. The van der Waals surface area contributed by atoms with Gasteiger partial charge in [0.1, 0.15) is 0 Å². The zero-order valence-corrected chi connectivity index (χ0v) is 10.9. The van der Waals surface area contributed by atoms with Gasteiger partial charge in [0, 0.05) is 12.2 Å². The third-order valence-corrected chi connectivity index (χ3v) is 3.92. The van der Waals surface area contributed by atoms with E-state index in [0.29, 0.717) is 0 Å². The second-order valence-corrected chi connectivity index (χ2v) is 5.46. The number of benzene rings is 1. The second kappa shape index (κ2) is 4.41. The molecule has 2 rings (SSSR count). The standard InChI is InChI=1S/C15H20N2/c1-12-6-8-14(9-7-12)17-10-4-5-13(11-16)15(17,2)3/h6-9,13H,4-5,10H2,1-3H3. The van der Waals surface area contributed by atoms with Crippen LogP contribution in [0.1, 0.15) is 32.3 Å². The van der Waals surface area contributed by atoms with E-state index in [2.05, 4.69) is 56.0 Å². The van der Waals surface area contributed by atoms with Gasteiger partial charge in [0.15, 0.2) is 0 Å². The molecule has 90 valence electrons. The Balaban J connectivity index is 2.31. The van der Waals surface area contributed by atoms with Crippen LogP contribution in [0.15, 0.2) is 24.3 Å². The average molecular weight is 228 g/mol. The average Bonchev–Trinajstić information content (AvgIpc) is 2.30. The molecule has 1 aromatic carbocycles. The minimum absolute atomic E-state index is 0.0672. The third kappa shape index (κ3) is 2.15. The lowest BCUT2D eigenvalue weighted by atomic mass is 9.79. The van der Waals surface area contributed by atoms with Crippen molar-refractivity contribution in [3.05, 3.63) is 29.8 Å². The van der Waals surface area contributed by atoms with Gasteiger partial charge in [-0.2, -0.15) is 5.26 Å². The van der Waals surface area contributed by atoms with Crippen molar-refractivity contribution < 1.29 is 0 Å². The van der Waals surface area contributed by atoms with Gasteiger partial charge in [0.2, 0.25) is 0 Å². The summed E-state index contributed by atoms with van der Waals surface area (Å²) in [6.45, 7) is 7.51. The van der Waals surface area contributed by atoms with Gasteiger partial charge in [-0.15, -0.1) is 0 Å². The summed E-state index contributed by atoms with van der Waals surface area (Å²) in [5, 5.41) is 9.26. The number of rotatable bonds is 1. The van der Waals surface area contributed by atoms with Crippen molar-refractivity contribution in [3.63, 3.8) is 0 Å². The summed E-state index contributed by atoms with van der Waals surface area (Å²) in [6, 6.07) is 11.1. The first-order valence-corrected chi connectivity index (χ1v) is 6.29. The molecule has 0 amide bonds. The molecule has 0 N–H and O–H groups in total. The van der Waals surface area contributed by atoms with Crippen molar-refractivity contribution in [1.82, 2.24) is 0 Å². The molecule has 17 heavy (non-hydrogen) atoms. The van der Waals surface area contributed by atoms with Crippen LogP contribution in [0.5, 0.6) is 0 Å². The van der Waals surface area contributed by atoms with Crippen LogP contribution in [0.4, 0.5) is 5.69 Å². The Labute approximate surface area is 104 Å². The molecule has 1 unspecified atom stereocenters. The van der Waals surface area contributed by atoms with E-state index in [1.165, 1.54) is 11.3 Å². The first kappa shape index (κ1) is 12.0. The maximum atomic E-state index is 9.26. The normalized spacial score (nSPS) is 23.2. The molecular formula is C15H20N2. The summed E-state index contributed by atoms with van der Waals surface area (Å²) in [6.07, 6.45) is 2.13. The molecule has 0 aromatic heterocycles. The predicted octanol–water partition coefficient (Wildman–Crippen LogP) is 3.51. The monoisotopic (exact) mass is 228 g/mol. The molecule has 0 radical (unpaired) electrons. The van der Waals surface area contributed by atoms with E-state index in [-0.39, 0.29) is 11.5 Å². The summed E-state index contributed by atoms with van der Waals surface area (Å²) in [7, 11) is 0. The highest BCUT2D eigenvalue weighted by atomic mass is 15.2. The minimum atomic E-state index is -0.0672. The van der Waals surface area contributed by atoms with Crippen LogP contribution >= 0.6 is 0 Å². The zero-order valence-electron chi connectivity index (χ0n) is 10.9. The number of piperidine rings is 1. The summed E-state index contributed by atoms with van der Waals surface area (Å²) < 4.78 is 0. The van der Waals surface area contributed by atoms with Crippen molar-refractivity contribution in [2.24, 2.45) is 5.92 Å². The minimum Gasteiger partial charge on any atom is -0.365 e. The highest BCUT2D eigenvalue weighted by Crippen LogP contribution is 2.36. The van der Waals surface area contributed by atoms with Crippen LogP contribution in [-0.2, 0) is 0 Å². The van der Waals surface area contributed by atoms with Crippen molar-refractivity contribution in [1.29, 1.82) is 5.26 Å². The molecule has 0 spiro atoms. The smallest absolute Gasteiger partial charge is 0.0690 e. The van der Waals surface area contributed by atoms with Crippen molar-refractivity contribution in [2.75, 3.05) is 11.4 Å². The Morgan fingerprint density at radius 1 is 1.29 bits per heavy atom. The van der Waals surface area contributed by atoms with E-state index in [9.17, 15) is 5.26 Å². The van der Waals surface area contributed by atoms with Crippen LogP contribution in [-0.4, -0.2) is 12.1 Å². The molecular weight excluding hydrogens is 208 g/mol. The van der Waals surface area contributed by atoms with E-state index in [4.69, 9.17) is 0 Å². The van der Waals surface area contributed by atoms with Gasteiger partial charge >= 0.3 is 0 Å². The summed E-state index contributed by atoms with van der Waals surface area (Å²) in [5.41, 5.74) is 2.45. The van der Waals surface area contributed by atoms with Gasteiger partial charge in [-0.05, 0) is 45.7 Å². The lowest BCUT2D eigenvalue weighted by Gasteiger charge is -2.47. The molecule has 0 aliphatic carbocycles. The van der Waals surface area contributed by atoms with Crippen molar-refractivity contribution in [3.8, 4) is 6.07 Å². The molecule has 1 saturated heterocycles. The lowest BCUT2D eigenvalue weighted by Crippen LogP contribution is -2.53. The van der Waals surface area contributed by atoms with Crippen LogP contribution < -0.4 is 4.90 Å². The van der Waals surface area contributed by atoms with Crippen LogP contribution in [0.25, 0.3) is 0 Å². The van der Waals surface area contributed by atoms with E-state index in [1.807, 2.05) is 0 Å². The topological polar surface area (TPSA) is 27.0 Å². The fourth-order valence-electron chi connectivity index (χ4n) is 2.69. The van der Waals surface area contributed by atoms with Crippen LogP contribution in [0.3, 0.4) is 0 Å². The quantitative estimate of drug-likeness (QED) is 0.735. The predicted molar refractivity (Wildman–Crippen MR) is 70.9 cm³/mol. The highest BCUT2D eigenvalue weighted by molar-refractivity contribution is 5.51. The van der Waals surface area contributed by atoms with Crippen LogP contribution in [0.2, 0.25) is 0 Å². The number of aryl methyl sites for hydroxylation is 1. The number of anilines is 1. The summed E-state index contributed by atoms with van der Waals surface area (Å²) in [5.74, 6) is 0.123. The maximum Gasteiger partial charge on any atom is 0.0690 e. The van der Waals surface area contributed by atoms with Crippen molar-refractivity contribution >= 4 is 5.69 Å². The lowest BCUT2D eigenvalue weighted by molar-refractivity contribution is 0.292. The highest BCUT2D eigenvalue weighted by Gasteiger charge is 2.38. The molecule has 1 atom stereocenters. The molecule has 1 fully saturated rings. The molecule has 2 heteroatoms. The second-order valence-electron chi connectivity index (χ2n) is 5.46. The van der Waals surface area contributed by atoms with Gasteiger partial charge in [-0.3, -0.25) is 0 Å². The largest absolute Gasteiger partial charge is 0.365 e. The third-order valence-electron chi connectivity index (χ3n) is 3.92. The fourth-order valence-corrected chi connectivity index (χ4v) is 2.69. The first-order valence-electron chi connectivity index (χ1n) is 6.29. The summed E-state index contributed by atoms with van der Waals surface area (Å²) in [4.78, 5) is 2.38. The molecule has 0 bridgehead atoms. The van der Waals surface area contributed by atoms with E-state index in [1.54, 1.807) is 0 Å². The molecule has 1 aliphatic heterocycles. The van der Waals surface area contributed by atoms with Crippen LogP contribution in [0, 0.1) is 24.2 Å². The van der Waals surface area contributed by atoms with Crippen molar-refractivity contribution in [2.45, 2.75) is 39.2 Å². The fraction of sp³-hybridized carbons (Fsp3) is 0.533. The Hall–Kier alpha value is -1.49. The Morgan fingerprint density at radius 3 is 2.53 bits per heavy atom. The molecule has 2 nitrogen and oxygen atoms in total. The SMILES string of the molecule is Cc1ccc(N2CCCC(C#N)C2(C)C)cc1. The zero-order chi connectivity index (χ0) is 12.5. The van der Waals surface area contributed by atoms with Gasteiger partial charge in [0.05, 0.1) is 17.5 Å². The number of hydrogen-bond acceptors (Lipinski definition) is 2. The Morgan fingerprint density at radius 2 is 1.94 bits per heavy atom. The first-order chi connectivity index (χ1) is 8.05. The van der Waals surface area contributed by atoms with Gasteiger partial charge in [0.25, 0.3) is 0 Å². The van der Waals surface area contributed by atoms with Gasteiger partial charge in [-0.25, -0.2) is 0 Å². The van der Waals surface area contributed by atoms with E-state index < -0.39 is 0 Å². The molecule has 1 aromatic rings.